The molecule has 1 aromatic rings. The van der Waals surface area contributed by atoms with Crippen molar-refractivity contribution in [2.45, 2.75) is 25.0 Å². The van der Waals surface area contributed by atoms with Crippen LogP contribution in [0, 0.1) is 0 Å². The van der Waals surface area contributed by atoms with Gasteiger partial charge in [0, 0.05) is 6.54 Å². The molecular formula is C11H19N5O3. The fourth-order valence-corrected chi connectivity index (χ4v) is 2.00. The summed E-state index contributed by atoms with van der Waals surface area (Å²) in [6, 6.07) is 0.276. The van der Waals surface area contributed by atoms with E-state index in [1.54, 1.807) is 10.9 Å². The standard InChI is InChI=1S/C11H19N5O3/c17-7-9(18)5-13-11(19)10-6-16(15-14-10)8-1-3-12-4-2-8/h6,8-9,12,17-18H,1-5,7H2,(H,13,19). The molecule has 1 amide bonds. The van der Waals surface area contributed by atoms with Gasteiger partial charge in [-0.1, -0.05) is 5.21 Å². The SMILES string of the molecule is O=C(NCC(O)CO)c1cn(C2CCNCC2)nn1. The molecule has 106 valence electrons. The first kappa shape index (κ1) is 13.9. The number of carbonyl (C=O) groups is 1. The lowest BCUT2D eigenvalue weighted by Crippen LogP contribution is -2.34. The van der Waals surface area contributed by atoms with Crippen molar-refractivity contribution in [3.8, 4) is 0 Å². The summed E-state index contributed by atoms with van der Waals surface area (Å²) in [5.41, 5.74) is 0.226. The highest BCUT2D eigenvalue weighted by Gasteiger charge is 2.18. The molecule has 1 atom stereocenters. The first-order valence-electron chi connectivity index (χ1n) is 6.40. The number of hydrogen-bond acceptors (Lipinski definition) is 6. The fourth-order valence-electron chi connectivity index (χ4n) is 2.00. The molecule has 0 bridgehead atoms. The Hall–Kier alpha value is -1.51. The molecule has 1 aliphatic rings. The van der Waals surface area contributed by atoms with Gasteiger partial charge in [-0.05, 0) is 25.9 Å². The van der Waals surface area contributed by atoms with Crippen molar-refractivity contribution in [3.63, 3.8) is 0 Å². The zero-order valence-corrected chi connectivity index (χ0v) is 10.6. The van der Waals surface area contributed by atoms with Crippen LogP contribution in [0.1, 0.15) is 29.4 Å². The minimum Gasteiger partial charge on any atom is -0.394 e. The molecule has 4 N–H and O–H groups in total. The zero-order chi connectivity index (χ0) is 13.7. The van der Waals surface area contributed by atoms with Crippen molar-refractivity contribution in [1.29, 1.82) is 0 Å². The summed E-state index contributed by atoms with van der Waals surface area (Å²) in [5.74, 6) is -0.396. The molecule has 0 aliphatic carbocycles. The van der Waals surface area contributed by atoms with Gasteiger partial charge >= 0.3 is 0 Å². The molecule has 1 saturated heterocycles. The molecule has 0 radical (unpaired) electrons. The van der Waals surface area contributed by atoms with E-state index >= 15 is 0 Å². The second kappa shape index (κ2) is 6.60. The lowest BCUT2D eigenvalue weighted by molar-refractivity contribution is 0.0798. The normalized spacial score (nSPS) is 18.2. The molecule has 1 fully saturated rings. The van der Waals surface area contributed by atoms with Crippen molar-refractivity contribution in [1.82, 2.24) is 25.6 Å². The summed E-state index contributed by atoms with van der Waals surface area (Å²) in [5, 5.41) is 31.4. The van der Waals surface area contributed by atoms with Crippen LogP contribution in [0.5, 0.6) is 0 Å². The Morgan fingerprint density at radius 1 is 1.58 bits per heavy atom. The smallest absolute Gasteiger partial charge is 0.273 e. The molecule has 0 spiro atoms. The number of amides is 1. The molecule has 0 saturated carbocycles. The van der Waals surface area contributed by atoms with E-state index in [9.17, 15) is 4.79 Å². The number of rotatable bonds is 5. The second-order valence-corrected chi connectivity index (χ2v) is 4.61. The molecule has 2 heterocycles. The highest BCUT2D eigenvalue weighted by molar-refractivity contribution is 5.91. The second-order valence-electron chi connectivity index (χ2n) is 4.61. The Morgan fingerprint density at radius 3 is 3.00 bits per heavy atom. The Bertz CT molecular complexity index is 416. The number of nitrogens with one attached hydrogen (secondary N) is 2. The van der Waals surface area contributed by atoms with Gasteiger partial charge in [0.15, 0.2) is 5.69 Å². The number of hydrogen-bond donors (Lipinski definition) is 4. The number of aliphatic hydroxyl groups is 2. The fraction of sp³-hybridized carbons (Fsp3) is 0.727. The molecule has 1 unspecified atom stereocenters. The Morgan fingerprint density at radius 2 is 2.32 bits per heavy atom. The Labute approximate surface area is 110 Å². The van der Waals surface area contributed by atoms with Crippen LogP contribution in [0.15, 0.2) is 6.20 Å². The van der Waals surface area contributed by atoms with Gasteiger partial charge in [-0.2, -0.15) is 0 Å². The number of piperidine rings is 1. The van der Waals surface area contributed by atoms with Crippen LogP contribution in [0.3, 0.4) is 0 Å². The summed E-state index contributed by atoms with van der Waals surface area (Å²) in [6.07, 6.45) is 2.60. The number of aliphatic hydroxyl groups excluding tert-OH is 2. The third-order valence-corrected chi connectivity index (χ3v) is 3.13. The third-order valence-electron chi connectivity index (χ3n) is 3.13. The molecule has 1 aliphatic heterocycles. The highest BCUT2D eigenvalue weighted by atomic mass is 16.3. The highest BCUT2D eigenvalue weighted by Crippen LogP contribution is 2.16. The molecule has 19 heavy (non-hydrogen) atoms. The van der Waals surface area contributed by atoms with E-state index in [-0.39, 0.29) is 24.9 Å². The zero-order valence-electron chi connectivity index (χ0n) is 10.6. The van der Waals surface area contributed by atoms with Crippen molar-refractivity contribution in [2.75, 3.05) is 26.2 Å². The first-order valence-corrected chi connectivity index (χ1v) is 6.40. The van der Waals surface area contributed by atoms with Crippen LogP contribution in [0.4, 0.5) is 0 Å². The predicted octanol–water partition coefficient (Wildman–Crippen LogP) is -1.71. The third kappa shape index (κ3) is 3.72. The van der Waals surface area contributed by atoms with Gasteiger partial charge in [0.2, 0.25) is 0 Å². The lowest BCUT2D eigenvalue weighted by Gasteiger charge is -2.22. The van der Waals surface area contributed by atoms with Crippen LogP contribution < -0.4 is 10.6 Å². The number of nitrogens with zero attached hydrogens (tertiary/aromatic N) is 3. The minimum absolute atomic E-state index is 0.00442. The van der Waals surface area contributed by atoms with Gasteiger partial charge in [-0.25, -0.2) is 4.68 Å². The summed E-state index contributed by atoms with van der Waals surface area (Å²) in [6.45, 7) is 1.49. The molecule has 0 aromatic carbocycles. The van der Waals surface area contributed by atoms with Gasteiger partial charge in [0.25, 0.3) is 5.91 Å². The van der Waals surface area contributed by atoms with E-state index in [0.29, 0.717) is 0 Å². The predicted molar refractivity (Wildman–Crippen MR) is 66.6 cm³/mol. The van der Waals surface area contributed by atoms with Crippen molar-refractivity contribution < 1.29 is 15.0 Å². The lowest BCUT2D eigenvalue weighted by atomic mass is 10.1. The van der Waals surface area contributed by atoms with E-state index in [4.69, 9.17) is 10.2 Å². The average molecular weight is 269 g/mol. The number of carbonyl (C=O) groups excluding carboxylic acids is 1. The van der Waals surface area contributed by atoms with Crippen molar-refractivity contribution >= 4 is 5.91 Å². The summed E-state index contributed by atoms with van der Waals surface area (Å²) in [4.78, 5) is 11.7. The van der Waals surface area contributed by atoms with E-state index in [2.05, 4.69) is 20.9 Å². The van der Waals surface area contributed by atoms with E-state index in [1.165, 1.54) is 0 Å². The monoisotopic (exact) mass is 269 g/mol. The molecule has 2 rings (SSSR count). The van der Waals surface area contributed by atoms with Crippen LogP contribution in [-0.2, 0) is 0 Å². The summed E-state index contributed by atoms with van der Waals surface area (Å²) < 4.78 is 1.72. The van der Waals surface area contributed by atoms with E-state index < -0.39 is 12.0 Å². The minimum atomic E-state index is -0.955. The molecule has 8 nitrogen and oxygen atoms in total. The Kier molecular flexibility index (Phi) is 4.83. The van der Waals surface area contributed by atoms with E-state index in [0.717, 1.165) is 25.9 Å². The van der Waals surface area contributed by atoms with Gasteiger partial charge in [0.1, 0.15) is 0 Å². The topological polar surface area (TPSA) is 112 Å². The van der Waals surface area contributed by atoms with E-state index in [1.807, 2.05) is 0 Å². The summed E-state index contributed by atoms with van der Waals surface area (Å²) in [7, 11) is 0. The maximum Gasteiger partial charge on any atom is 0.273 e. The maximum atomic E-state index is 11.7. The average Bonchev–Trinajstić information content (AvgIpc) is 2.95. The van der Waals surface area contributed by atoms with Crippen molar-refractivity contribution in [2.24, 2.45) is 0 Å². The maximum absolute atomic E-state index is 11.7. The summed E-state index contributed by atoms with van der Waals surface area (Å²) >= 11 is 0. The van der Waals surface area contributed by atoms with Crippen molar-refractivity contribution in [3.05, 3.63) is 11.9 Å². The van der Waals surface area contributed by atoms with Gasteiger partial charge in [-0.15, -0.1) is 5.10 Å². The first-order chi connectivity index (χ1) is 9.20. The number of aromatic nitrogens is 3. The van der Waals surface area contributed by atoms with Crippen LogP contribution >= 0.6 is 0 Å². The van der Waals surface area contributed by atoms with Gasteiger partial charge in [0.05, 0.1) is 24.9 Å². The molecular weight excluding hydrogens is 250 g/mol. The Balaban J connectivity index is 1.90. The van der Waals surface area contributed by atoms with Crippen LogP contribution in [-0.4, -0.2) is 63.5 Å². The van der Waals surface area contributed by atoms with Gasteiger partial charge in [-0.3, -0.25) is 4.79 Å². The van der Waals surface area contributed by atoms with Crippen LogP contribution in [0.2, 0.25) is 0 Å². The molecule has 1 aromatic heterocycles. The largest absolute Gasteiger partial charge is 0.394 e. The quantitative estimate of drug-likeness (QED) is 0.506. The van der Waals surface area contributed by atoms with Gasteiger partial charge < -0.3 is 20.8 Å². The van der Waals surface area contributed by atoms with Crippen LogP contribution in [0.25, 0.3) is 0 Å². The molecule has 8 heteroatoms.